The molecule has 1 aromatic carbocycles. The number of rotatable bonds is 5. The molecule has 1 amide bonds. The predicted molar refractivity (Wildman–Crippen MR) is 109 cm³/mol. The summed E-state index contributed by atoms with van der Waals surface area (Å²) in [7, 11) is 1.69. The number of H-pyrrole nitrogens is 1. The molecule has 6 heteroatoms. The second kappa shape index (κ2) is 8.17. The Labute approximate surface area is 164 Å². The predicted octanol–water partition coefficient (Wildman–Crippen LogP) is 3.15. The van der Waals surface area contributed by atoms with Crippen LogP contribution >= 0.6 is 0 Å². The third-order valence-electron chi connectivity index (χ3n) is 4.94. The summed E-state index contributed by atoms with van der Waals surface area (Å²) in [5, 5.41) is 0. The number of aromatic amines is 1. The number of benzene rings is 1. The quantitative estimate of drug-likeness (QED) is 0.742. The molecular weight excluding hydrogens is 352 g/mol. The highest BCUT2D eigenvalue weighted by Gasteiger charge is 2.22. The number of nitrogens with zero attached hydrogens (tertiary/aromatic N) is 3. The molecule has 0 saturated carbocycles. The lowest BCUT2D eigenvalue weighted by molar-refractivity contribution is 0.0740. The normalized spacial score (nSPS) is 11.9. The molecule has 0 aliphatic carbocycles. The van der Waals surface area contributed by atoms with Gasteiger partial charge in [0, 0.05) is 43.2 Å². The van der Waals surface area contributed by atoms with Gasteiger partial charge in [0.15, 0.2) is 0 Å². The molecule has 3 aromatic rings. The maximum Gasteiger partial charge on any atom is 0.264 e. The number of amides is 1. The van der Waals surface area contributed by atoms with Crippen molar-refractivity contribution in [1.29, 1.82) is 0 Å². The molecule has 2 heterocycles. The molecule has 0 radical (unpaired) electrons. The molecular formula is C22H24N4O2. The van der Waals surface area contributed by atoms with Crippen LogP contribution in [-0.2, 0) is 6.42 Å². The number of carbonyl (C=O) groups is 1. The molecule has 0 aliphatic rings. The van der Waals surface area contributed by atoms with Gasteiger partial charge in [0.1, 0.15) is 11.4 Å². The lowest BCUT2D eigenvalue weighted by Crippen LogP contribution is -2.39. The largest absolute Gasteiger partial charge is 0.338 e. The number of carbonyl (C=O) groups excluding carboxylic acids is 1. The Bertz CT molecular complexity index is 1040. The van der Waals surface area contributed by atoms with Crippen molar-refractivity contribution in [2.24, 2.45) is 0 Å². The molecule has 0 aliphatic heterocycles. The van der Waals surface area contributed by atoms with Crippen LogP contribution in [0, 0.1) is 13.8 Å². The number of pyridine rings is 1. The average Bonchev–Trinajstić information content (AvgIpc) is 2.69. The fourth-order valence-electron chi connectivity index (χ4n) is 2.94. The van der Waals surface area contributed by atoms with Crippen LogP contribution in [-0.4, -0.2) is 38.8 Å². The van der Waals surface area contributed by atoms with Gasteiger partial charge >= 0.3 is 0 Å². The minimum atomic E-state index is -0.441. The topological polar surface area (TPSA) is 79.0 Å². The summed E-state index contributed by atoms with van der Waals surface area (Å²) in [5.41, 5.74) is 3.53. The molecule has 0 unspecified atom stereocenters. The van der Waals surface area contributed by atoms with E-state index in [1.54, 1.807) is 18.1 Å². The van der Waals surface area contributed by atoms with Gasteiger partial charge in [-0.1, -0.05) is 35.9 Å². The van der Waals surface area contributed by atoms with Crippen LogP contribution in [0.2, 0.25) is 0 Å². The molecule has 2 aromatic heterocycles. The van der Waals surface area contributed by atoms with Gasteiger partial charge in [-0.3, -0.25) is 14.6 Å². The van der Waals surface area contributed by atoms with Crippen LogP contribution < -0.4 is 5.56 Å². The van der Waals surface area contributed by atoms with Crippen LogP contribution in [0.15, 0.2) is 53.6 Å². The minimum Gasteiger partial charge on any atom is -0.338 e. The van der Waals surface area contributed by atoms with E-state index < -0.39 is 5.56 Å². The van der Waals surface area contributed by atoms with E-state index in [0.717, 1.165) is 22.4 Å². The van der Waals surface area contributed by atoms with Crippen molar-refractivity contribution in [3.63, 3.8) is 0 Å². The summed E-state index contributed by atoms with van der Waals surface area (Å²) in [6, 6.07) is 11.4. The Morgan fingerprint density at radius 3 is 2.50 bits per heavy atom. The Kier molecular flexibility index (Phi) is 5.68. The fourth-order valence-corrected chi connectivity index (χ4v) is 2.94. The van der Waals surface area contributed by atoms with Crippen molar-refractivity contribution in [3.05, 3.63) is 81.5 Å². The molecule has 1 atom stereocenters. The van der Waals surface area contributed by atoms with Crippen LogP contribution in [0.3, 0.4) is 0 Å². The van der Waals surface area contributed by atoms with E-state index in [1.807, 2.05) is 57.2 Å². The van der Waals surface area contributed by atoms with Crippen LogP contribution in [0.25, 0.3) is 11.4 Å². The second-order valence-electron chi connectivity index (χ2n) is 7.08. The Morgan fingerprint density at radius 2 is 1.86 bits per heavy atom. The third kappa shape index (κ3) is 4.17. The van der Waals surface area contributed by atoms with Gasteiger partial charge in [0.2, 0.25) is 0 Å². The molecule has 0 spiro atoms. The van der Waals surface area contributed by atoms with Crippen molar-refractivity contribution >= 4 is 5.91 Å². The summed E-state index contributed by atoms with van der Waals surface area (Å²) in [5.74, 6) is 0.0895. The van der Waals surface area contributed by atoms with Crippen LogP contribution in [0.5, 0.6) is 0 Å². The molecule has 0 saturated heterocycles. The Balaban J connectivity index is 1.78. The number of aromatic nitrogens is 3. The summed E-state index contributed by atoms with van der Waals surface area (Å²) >= 11 is 0. The number of nitrogens with one attached hydrogen (secondary N) is 1. The van der Waals surface area contributed by atoms with Crippen LogP contribution in [0.4, 0.5) is 0 Å². The van der Waals surface area contributed by atoms with Gasteiger partial charge in [-0.2, -0.15) is 0 Å². The number of likely N-dealkylation sites (N-methyl/N-ethyl adjacent to an activating group) is 1. The van der Waals surface area contributed by atoms with E-state index in [-0.39, 0.29) is 17.5 Å². The molecule has 0 bridgehead atoms. The fraction of sp³-hybridized carbons (Fsp3) is 0.273. The van der Waals surface area contributed by atoms with E-state index in [4.69, 9.17) is 0 Å². The van der Waals surface area contributed by atoms with Gasteiger partial charge in [0.05, 0.1) is 0 Å². The van der Waals surface area contributed by atoms with Crippen molar-refractivity contribution in [2.75, 3.05) is 7.05 Å². The van der Waals surface area contributed by atoms with Gasteiger partial charge in [-0.15, -0.1) is 0 Å². The molecule has 1 N–H and O–H groups in total. The highest BCUT2D eigenvalue weighted by atomic mass is 16.2. The van der Waals surface area contributed by atoms with Crippen molar-refractivity contribution in [2.45, 2.75) is 33.2 Å². The van der Waals surface area contributed by atoms with Crippen molar-refractivity contribution in [1.82, 2.24) is 19.9 Å². The zero-order chi connectivity index (χ0) is 20.3. The Morgan fingerprint density at radius 1 is 1.14 bits per heavy atom. The summed E-state index contributed by atoms with van der Waals surface area (Å²) in [6.45, 7) is 5.93. The number of aryl methyl sites for hydroxylation is 2. The van der Waals surface area contributed by atoms with E-state index in [0.29, 0.717) is 12.2 Å². The second-order valence-corrected chi connectivity index (χ2v) is 7.08. The molecule has 0 fully saturated rings. The molecule has 6 nitrogen and oxygen atoms in total. The van der Waals surface area contributed by atoms with Crippen molar-refractivity contribution in [3.8, 4) is 11.4 Å². The molecule has 28 heavy (non-hydrogen) atoms. The van der Waals surface area contributed by atoms with E-state index >= 15 is 0 Å². The monoisotopic (exact) mass is 376 g/mol. The minimum absolute atomic E-state index is 0.0305. The molecule has 3 rings (SSSR count). The summed E-state index contributed by atoms with van der Waals surface area (Å²) < 4.78 is 0. The first kappa shape index (κ1) is 19.5. The third-order valence-corrected chi connectivity index (χ3v) is 4.94. The van der Waals surface area contributed by atoms with Gasteiger partial charge in [0.25, 0.3) is 11.5 Å². The van der Waals surface area contributed by atoms with Gasteiger partial charge in [-0.25, -0.2) is 4.98 Å². The van der Waals surface area contributed by atoms with E-state index in [2.05, 4.69) is 15.0 Å². The van der Waals surface area contributed by atoms with E-state index in [1.165, 1.54) is 6.20 Å². The van der Waals surface area contributed by atoms with Gasteiger partial charge < -0.3 is 9.88 Å². The number of hydrogen-bond donors (Lipinski definition) is 1. The first-order valence-electron chi connectivity index (χ1n) is 9.21. The first-order chi connectivity index (χ1) is 13.4. The molecule has 144 valence electrons. The summed E-state index contributed by atoms with van der Waals surface area (Å²) in [6.07, 6.45) is 3.71. The highest BCUT2D eigenvalue weighted by molar-refractivity contribution is 5.93. The maximum absolute atomic E-state index is 12.8. The number of hydrogen-bond acceptors (Lipinski definition) is 4. The Hall–Kier alpha value is -3.28. The average molecular weight is 376 g/mol. The van der Waals surface area contributed by atoms with Crippen LogP contribution in [0.1, 0.15) is 34.1 Å². The zero-order valence-corrected chi connectivity index (χ0v) is 16.6. The first-order valence-corrected chi connectivity index (χ1v) is 9.21. The zero-order valence-electron chi connectivity index (χ0n) is 16.6. The van der Waals surface area contributed by atoms with Crippen molar-refractivity contribution < 1.29 is 4.79 Å². The SMILES string of the molecule is Cc1ccc(-c2ncc(C(=O)N(C)[C@@H](C)Cc3ncccc3C)c(=O)[nH]2)cc1. The summed E-state index contributed by atoms with van der Waals surface area (Å²) in [4.78, 5) is 38.3. The van der Waals surface area contributed by atoms with Gasteiger partial charge in [-0.05, 0) is 32.4 Å². The van der Waals surface area contributed by atoms with E-state index in [9.17, 15) is 9.59 Å². The highest BCUT2D eigenvalue weighted by Crippen LogP contribution is 2.15. The lowest BCUT2D eigenvalue weighted by atomic mass is 10.1. The maximum atomic E-state index is 12.8. The standard InChI is InChI=1S/C22H24N4O2/c1-14-7-9-17(10-8-14)20-24-13-18(21(27)25-20)22(28)26(4)16(3)12-19-15(2)6-5-11-23-19/h5-11,13,16H,12H2,1-4H3,(H,24,25,27)/t16-/m0/s1. The smallest absolute Gasteiger partial charge is 0.264 e. The lowest BCUT2D eigenvalue weighted by Gasteiger charge is -2.25.